The Morgan fingerprint density at radius 3 is 2.66 bits per heavy atom. The number of rotatable bonds is 10. The van der Waals surface area contributed by atoms with Crippen LogP contribution in [-0.4, -0.2) is 132 Å². The molecule has 6 bridgehead atoms. The van der Waals surface area contributed by atoms with Gasteiger partial charge < -0.3 is 29.0 Å². The molecule has 0 spiro atoms. The number of nitrogens with one attached hydrogen (secondary N) is 2. The molecule has 3 aliphatic rings. The van der Waals surface area contributed by atoms with E-state index < -0.39 is 59.6 Å². The van der Waals surface area contributed by atoms with Gasteiger partial charge in [0, 0.05) is 79.8 Å². The minimum atomic E-state index is -4.57. The number of halogens is 3. The highest BCUT2D eigenvalue weighted by atomic mass is 32.1. The van der Waals surface area contributed by atoms with Crippen LogP contribution in [0.4, 0.5) is 13.2 Å². The van der Waals surface area contributed by atoms with Crippen LogP contribution in [0.3, 0.4) is 0 Å². The number of ether oxygens (including phenoxy) is 3. The Morgan fingerprint density at radius 1 is 1.18 bits per heavy atom. The van der Waals surface area contributed by atoms with Gasteiger partial charge in [-0.1, -0.05) is 31.1 Å². The van der Waals surface area contributed by atoms with Crippen molar-refractivity contribution in [2.45, 2.75) is 109 Å². The molecule has 15 nitrogen and oxygen atoms in total. The predicted octanol–water partition coefficient (Wildman–Crippen LogP) is 4.92. The maximum absolute atomic E-state index is 14.6. The van der Waals surface area contributed by atoms with Crippen LogP contribution >= 0.6 is 11.3 Å². The Hall–Kier alpha value is -5.39. The minimum Gasteiger partial charge on any atom is -0.464 e. The predicted molar refractivity (Wildman–Crippen MR) is 244 cm³/mol. The molecule has 0 aliphatic carbocycles. The van der Waals surface area contributed by atoms with Crippen molar-refractivity contribution in [3.05, 3.63) is 64.4 Å². The highest BCUT2D eigenvalue weighted by Crippen LogP contribution is 2.42. The molecule has 19 heteroatoms. The van der Waals surface area contributed by atoms with Gasteiger partial charge in [0.1, 0.15) is 18.6 Å². The van der Waals surface area contributed by atoms with E-state index >= 15 is 0 Å². The summed E-state index contributed by atoms with van der Waals surface area (Å²) >= 11 is 1.36. The summed E-state index contributed by atoms with van der Waals surface area (Å²) in [6.07, 6.45) is -0.746. The Kier molecular flexibility index (Phi) is 14.8. The molecule has 360 valence electrons. The van der Waals surface area contributed by atoms with Gasteiger partial charge in [-0.3, -0.25) is 34.1 Å². The van der Waals surface area contributed by atoms with Crippen molar-refractivity contribution >= 4 is 45.9 Å². The smallest absolute Gasteiger partial charge is 0.406 e. The van der Waals surface area contributed by atoms with Crippen LogP contribution in [0.15, 0.2) is 48.2 Å². The largest absolute Gasteiger partial charge is 0.464 e. The number of hydrogen-bond donors (Lipinski definition) is 2. The summed E-state index contributed by atoms with van der Waals surface area (Å²) in [6, 6.07) is 6.86. The number of amides is 3. The van der Waals surface area contributed by atoms with Gasteiger partial charge in [-0.2, -0.15) is 17.7 Å². The van der Waals surface area contributed by atoms with Crippen molar-refractivity contribution in [1.29, 1.82) is 0 Å². The normalized spacial score (nSPS) is 19.9. The van der Waals surface area contributed by atoms with E-state index in [1.807, 2.05) is 69.0 Å². The number of benzene rings is 1. The van der Waals surface area contributed by atoms with Crippen molar-refractivity contribution in [3.8, 4) is 28.8 Å². The van der Waals surface area contributed by atoms with Gasteiger partial charge in [0.15, 0.2) is 6.20 Å². The molecule has 4 aromatic rings. The Morgan fingerprint density at radius 2 is 1.94 bits per heavy atom. The van der Waals surface area contributed by atoms with Crippen LogP contribution in [0.25, 0.3) is 27.8 Å². The Labute approximate surface area is 392 Å². The lowest BCUT2D eigenvalue weighted by Gasteiger charge is -2.37. The first-order chi connectivity index (χ1) is 31.6. The number of fused-ring (bicyclic) bond motifs is 6. The molecule has 2 saturated heterocycles. The lowest BCUT2D eigenvalue weighted by atomic mass is 9.84. The van der Waals surface area contributed by atoms with Crippen molar-refractivity contribution in [3.63, 3.8) is 0 Å². The summed E-state index contributed by atoms with van der Waals surface area (Å²) in [5.41, 5.74) is 6.65. The highest BCUT2D eigenvalue weighted by Gasteiger charge is 2.38. The molecule has 7 rings (SSSR count). The number of cyclic esters (lactones) is 1. The molecule has 67 heavy (non-hydrogen) atoms. The summed E-state index contributed by atoms with van der Waals surface area (Å²) in [6.45, 7) is 9.18. The first kappa shape index (κ1) is 49.5. The van der Waals surface area contributed by atoms with Gasteiger partial charge in [0.25, 0.3) is 11.8 Å². The number of carbonyl (C=O) groups is 4. The van der Waals surface area contributed by atoms with Gasteiger partial charge >= 0.3 is 12.1 Å². The van der Waals surface area contributed by atoms with E-state index in [1.54, 1.807) is 42.3 Å². The van der Waals surface area contributed by atoms with Gasteiger partial charge in [0.05, 0.1) is 47.2 Å². The molecule has 0 radical (unpaired) electrons. The number of alkyl halides is 3. The second kappa shape index (κ2) is 20.1. The van der Waals surface area contributed by atoms with Gasteiger partial charge in [0.2, 0.25) is 17.1 Å². The molecule has 3 aliphatic heterocycles. The minimum absolute atomic E-state index is 0.0447. The van der Waals surface area contributed by atoms with Crippen molar-refractivity contribution < 1.29 is 51.1 Å². The van der Waals surface area contributed by atoms with Gasteiger partial charge in [-0.05, 0) is 83.8 Å². The quantitative estimate of drug-likeness (QED) is 0.128. The van der Waals surface area contributed by atoms with E-state index in [1.165, 1.54) is 28.0 Å². The van der Waals surface area contributed by atoms with Crippen LogP contribution in [0.2, 0.25) is 0 Å². The van der Waals surface area contributed by atoms with Crippen LogP contribution in [0.5, 0.6) is 0 Å². The fourth-order valence-electron chi connectivity index (χ4n) is 8.33. The molecule has 0 saturated carbocycles. The topological polar surface area (TPSA) is 151 Å². The second-order valence-electron chi connectivity index (χ2n) is 19.0. The van der Waals surface area contributed by atoms with Crippen molar-refractivity contribution in [2.24, 2.45) is 5.41 Å². The summed E-state index contributed by atoms with van der Waals surface area (Å²) in [5.74, 6) is 4.00. The fraction of sp³-hybridized carbons (Fsp3) is 0.542. The number of nitrogens with zero attached hydrogens (tertiary/aromatic N) is 6. The summed E-state index contributed by atoms with van der Waals surface area (Å²) in [4.78, 5) is 63.0. The number of methoxy groups -OCH3 is 1. The molecule has 3 amide bonds. The molecule has 6 heterocycles. The van der Waals surface area contributed by atoms with E-state index in [0.717, 1.165) is 4.88 Å². The molecule has 3 aromatic heterocycles. The average Bonchev–Trinajstić information content (AvgIpc) is 3.85. The SMILES string of the molecule is CO[C@@H](C)c1ncccc1-c1c2c3cc(ccc3n1CC(F)(F)F)-[n+]1csc(c1)C[C@H](NC(=O)CCOC1CN(C(=O)C#CC(C)(C)N(C)C)C1)C(=O)N1CCC[C@H](N1)C(=O)OCC(C)(C)C2. The lowest BCUT2D eigenvalue weighted by Crippen LogP contribution is -2.60. The number of carbonyl (C=O) groups excluding carboxylic acids is 4. The Balaban J connectivity index is 1.18. The van der Waals surface area contributed by atoms with E-state index in [2.05, 4.69) is 27.6 Å². The number of aromatic nitrogens is 3. The maximum Gasteiger partial charge on any atom is 0.406 e. The average molecular weight is 950 g/mol. The van der Waals surface area contributed by atoms with Gasteiger partial charge in [-0.25, -0.2) is 5.43 Å². The first-order valence-electron chi connectivity index (χ1n) is 22.5. The molecule has 3 atom stereocenters. The number of esters is 1. The summed E-state index contributed by atoms with van der Waals surface area (Å²) < 4.78 is 64.4. The van der Waals surface area contributed by atoms with Gasteiger partial charge in [-0.15, -0.1) is 0 Å². The molecular formula is C48H60F3N8O7S+. The van der Waals surface area contributed by atoms with E-state index in [0.29, 0.717) is 71.6 Å². The zero-order valence-electron chi connectivity index (χ0n) is 39.3. The Bertz CT molecular complexity index is 2560. The maximum atomic E-state index is 14.6. The first-order valence-corrected chi connectivity index (χ1v) is 23.3. The monoisotopic (exact) mass is 949 g/mol. The second-order valence-corrected chi connectivity index (χ2v) is 20.0. The molecule has 2 N–H and O–H groups in total. The molecule has 0 unspecified atom stereocenters. The van der Waals surface area contributed by atoms with E-state index in [9.17, 15) is 32.3 Å². The third-order valence-electron chi connectivity index (χ3n) is 12.7. The zero-order chi connectivity index (χ0) is 48.4. The fourth-order valence-corrected chi connectivity index (χ4v) is 9.19. The number of likely N-dealkylation sites (tertiary alicyclic amines) is 1. The van der Waals surface area contributed by atoms with E-state index in [-0.39, 0.29) is 44.5 Å². The van der Waals surface area contributed by atoms with Crippen LogP contribution in [0.1, 0.15) is 76.1 Å². The zero-order valence-corrected chi connectivity index (χ0v) is 40.1. The summed E-state index contributed by atoms with van der Waals surface area (Å²) in [7, 11) is 5.31. The molecule has 2 fully saturated rings. The summed E-state index contributed by atoms with van der Waals surface area (Å²) in [5, 5.41) is 4.86. The van der Waals surface area contributed by atoms with Crippen LogP contribution in [-0.2, 0) is 52.8 Å². The third-order valence-corrected chi connectivity index (χ3v) is 13.6. The highest BCUT2D eigenvalue weighted by molar-refractivity contribution is 7.09. The van der Waals surface area contributed by atoms with E-state index in [4.69, 9.17) is 14.2 Å². The lowest BCUT2D eigenvalue weighted by molar-refractivity contribution is -0.590. The van der Waals surface area contributed by atoms with Crippen molar-refractivity contribution in [1.82, 2.24) is 35.1 Å². The third kappa shape index (κ3) is 11.7. The van der Waals surface area contributed by atoms with Crippen LogP contribution < -0.4 is 15.3 Å². The number of pyridine rings is 1. The number of hydrogen-bond acceptors (Lipinski definition) is 11. The number of thiazole rings is 1. The standard InChI is InChI=1S/C48H59F3N8O7S/c1-30(64-8)42-34(11-9-18-52-42)43-36-23-46(2,3)28-66-45(63)37-12-10-19-59(54-37)44(62)38(53-40(60)16-20-65-32-24-56(25-32)41(61)15-17-47(4,5)55(6)7)22-33-26-57(29-67-33)31-13-14-39(35(36)21-31)58(43)27-48(49,50)51/h9,11,13-14,18,21,26,29-30,32,37-38,54H,10,12,16,19-20,22-25,27-28H2,1-8H3/p+1/t30-,37-,38-/m0/s1. The van der Waals surface area contributed by atoms with Crippen LogP contribution in [0, 0.1) is 17.3 Å². The molecular weight excluding hydrogens is 890 g/mol. The number of hydrazine groups is 1. The molecule has 1 aromatic carbocycles. The van der Waals surface area contributed by atoms with Crippen molar-refractivity contribution in [2.75, 3.05) is 54.1 Å².